The predicted octanol–water partition coefficient (Wildman–Crippen LogP) is 4.65. The Bertz CT molecular complexity index is 823. The van der Waals surface area contributed by atoms with Crippen LogP contribution in [0.4, 0.5) is 17.1 Å². The van der Waals surface area contributed by atoms with Gasteiger partial charge >= 0.3 is 0 Å². The summed E-state index contributed by atoms with van der Waals surface area (Å²) in [5.41, 5.74) is 2.38. The predicted molar refractivity (Wildman–Crippen MR) is 86.3 cm³/mol. The Morgan fingerprint density at radius 1 is 1.00 bits per heavy atom. The molecular weight excluding hydrogens is 292 g/mol. The number of benzene rings is 2. The fourth-order valence-electron chi connectivity index (χ4n) is 1.89. The van der Waals surface area contributed by atoms with Gasteiger partial charge in [-0.1, -0.05) is 23.4 Å². The van der Waals surface area contributed by atoms with Crippen molar-refractivity contribution in [1.82, 2.24) is 5.16 Å². The molecule has 0 unspecified atom stereocenters. The quantitative estimate of drug-likeness (QED) is 0.712. The molecule has 0 atom stereocenters. The number of rotatable bonds is 4. The number of hydrogen-bond acceptors (Lipinski definition) is 5. The van der Waals surface area contributed by atoms with Crippen LogP contribution in [0.2, 0.25) is 0 Å². The van der Waals surface area contributed by atoms with Crippen LogP contribution < -0.4 is 5.32 Å². The molecule has 0 saturated heterocycles. The standard InChI is InChI=1S/C17H14N4O2/c1-12-11-16(21-23-12)17(22)18-13-7-9-15(10-8-13)20-19-14-5-3-2-4-6-14/h2-11H,1H3,(H,18,22). The number of anilines is 1. The summed E-state index contributed by atoms with van der Waals surface area (Å²) < 4.78 is 4.88. The van der Waals surface area contributed by atoms with Gasteiger partial charge in [-0.25, -0.2) is 0 Å². The Balaban J connectivity index is 1.65. The molecule has 0 radical (unpaired) electrons. The van der Waals surface area contributed by atoms with Crippen molar-refractivity contribution in [2.75, 3.05) is 5.32 Å². The zero-order valence-electron chi connectivity index (χ0n) is 12.4. The van der Waals surface area contributed by atoms with Crippen LogP contribution in [0.3, 0.4) is 0 Å². The average Bonchev–Trinajstić information content (AvgIpc) is 3.02. The topological polar surface area (TPSA) is 79.9 Å². The number of aryl methyl sites for hydroxylation is 1. The van der Waals surface area contributed by atoms with E-state index in [-0.39, 0.29) is 11.6 Å². The van der Waals surface area contributed by atoms with E-state index >= 15 is 0 Å². The summed E-state index contributed by atoms with van der Waals surface area (Å²) in [4.78, 5) is 11.9. The van der Waals surface area contributed by atoms with Gasteiger partial charge in [0.15, 0.2) is 5.69 Å². The maximum Gasteiger partial charge on any atom is 0.277 e. The molecule has 1 heterocycles. The first-order valence-corrected chi connectivity index (χ1v) is 7.02. The molecule has 1 aromatic heterocycles. The van der Waals surface area contributed by atoms with Crippen molar-refractivity contribution in [3.63, 3.8) is 0 Å². The molecule has 114 valence electrons. The van der Waals surface area contributed by atoms with Crippen molar-refractivity contribution in [2.24, 2.45) is 10.2 Å². The van der Waals surface area contributed by atoms with Crippen molar-refractivity contribution in [3.05, 3.63) is 72.1 Å². The van der Waals surface area contributed by atoms with Gasteiger partial charge < -0.3 is 9.84 Å². The van der Waals surface area contributed by atoms with E-state index in [4.69, 9.17) is 4.52 Å². The molecule has 0 aliphatic heterocycles. The first-order valence-electron chi connectivity index (χ1n) is 7.02. The molecule has 1 N–H and O–H groups in total. The molecule has 3 aromatic rings. The van der Waals surface area contributed by atoms with Gasteiger partial charge in [0.1, 0.15) is 5.76 Å². The number of nitrogens with zero attached hydrogens (tertiary/aromatic N) is 3. The second-order valence-corrected chi connectivity index (χ2v) is 4.86. The second kappa shape index (κ2) is 6.65. The lowest BCUT2D eigenvalue weighted by Gasteiger charge is -2.02. The second-order valence-electron chi connectivity index (χ2n) is 4.86. The maximum atomic E-state index is 11.9. The Morgan fingerprint density at radius 2 is 1.65 bits per heavy atom. The lowest BCUT2D eigenvalue weighted by Crippen LogP contribution is -2.11. The molecule has 0 spiro atoms. The van der Waals surface area contributed by atoms with Crippen LogP contribution in [0.15, 0.2) is 75.4 Å². The highest BCUT2D eigenvalue weighted by Crippen LogP contribution is 2.20. The highest BCUT2D eigenvalue weighted by atomic mass is 16.5. The minimum Gasteiger partial charge on any atom is -0.361 e. The van der Waals surface area contributed by atoms with Crippen molar-refractivity contribution >= 4 is 23.0 Å². The largest absolute Gasteiger partial charge is 0.361 e. The first kappa shape index (κ1) is 14.6. The number of amides is 1. The highest BCUT2D eigenvalue weighted by Gasteiger charge is 2.10. The van der Waals surface area contributed by atoms with Crippen LogP contribution in [0, 0.1) is 6.92 Å². The van der Waals surface area contributed by atoms with Crippen LogP contribution in [-0.2, 0) is 0 Å². The van der Waals surface area contributed by atoms with Gasteiger partial charge in [-0.3, -0.25) is 4.79 Å². The number of hydrogen-bond donors (Lipinski definition) is 1. The van der Waals surface area contributed by atoms with E-state index < -0.39 is 0 Å². The number of carbonyl (C=O) groups excluding carboxylic acids is 1. The Morgan fingerprint density at radius 3 is 2.26 bits per heavy atom. The Kier molecular flexibility index (Phi) is 4.24. The summed E-state index contributed by atoms with van der Waals surface area (Å²) in [6.07, 6.45) is 0. The average molecular weight is 306 g/mol. The molecule has 0 aliphatic rings. The summed E-state index contributed by atoms with van der Waals surface area (Å²) in [7, 11) is 0. The molecule has 0 bridgehead atoms. The SMILES string of the molecule is Cc1cc(C(=O)Nc2ccc(N=Nc3ccccc3)cc2)no1. The van der Waals surface area contributed by atoms with Crippen molar-refractivity contribution in [2.45, 2.75) is 6.92 Å². The summed E-state index contributed by atoms with van der Waals surface area (Å²) in [6, 6.07) is 18.1. The number of aromatic nitrogens is 1. The molecule has 2 aromatic carbocycles. The van der Waals surface area contributed by atoms with Crippen molar-refractivity contribution in [1.29, 1.82) is 0 Å². The zero-order chi connectivity index (χ0) is 16.1. The fourth-order valence-corrected chi connectivity index (χ4v) is 1.89. The third kappa shape index (κ3) is 3.88. The van der Waals surface area contributed by atoms with E-state index in [9.17, 15) is 4.79 Å². The van der Waals surface area contributed by atoms with E-state index in [0.717, 1.165) is 5.69 Å². The summed E-state index contributed by atoms with van der Waals surface area (Å²) in [5, 5.41) is 14.7. The third-order valence-electron chi connectivity index (χ3n) is 3.02. The van der Waals surface area contributed by atoms with Crippen LogP contribution in [0.25, 0.3) is 0 Å². The van der Waals surface area contributed by atoms with Gasteiger partial charge in [0.2, 0.25) is 0 Å². The van der Waals surface area contributed by atoms with Crippen molar-refractivity contribution in [3.8, 4) is 0 Å². The molecule has 3 rings (SSSR count). The normalized spacial score (nSPS) is 10.8. The Hall–Kier alpha value is -3.28. The molecule has 0 saturated carbocycles. The molecular formula is C17H14N4O2. The van der Waals surface area contributed by atoms with Gasteiger partial charge in [-0.05, 0) is 43.3 Å². The summed E-state index contributed by atoms with van der Waals surface area (Å²) in [5.74, 6) is 0.271. The van der Waals surface area contributed by atoms with Crippen LogP contribution >= 0.6 is 0 Å². The van der Waals surface area contributed by atoms with Gasteiger partial charge in [0.25, 0.3) is 5.91 Å². The summed E-state index contributed by atoms with van der Waals surface area (Å²) in [6.45, 7) is 1.73. The number of carbonyl (C=O) groups is 1. The third-order valence-corrected chi connectivity index (χ3v) is 3.02. The zero-order valence-corrected chi connectivity index (χ0v) is 12.4. The molecule has 0 fully saturated rings. The van der Waals surface area contributed by atoms with Gasteiger partial charge in [0.05, 0.1) is 11.4 Å². The lowest BCUT2D eigenvalue weighted by atomic mass is 10.2. The van der Waals surface area contributed by atoms with Crippen LogP contribution in [0.1, 0.15) is 16.2 Å². The fraction of sp³-hybridized carbons (Fsp3) is 0.0588. The van der Waals surface area contributed by atoms with Crippen molar-refractivity contribution < 1.29 is 9.32 Å². The molecule has 1 amide bonds. The molecule has 23 heavy (non-hydrogen) atoms. The van der Waals surface area contributed by atoms with E-state index in [0.29, 0.717) is 17.1 Å². The van der Waals surface area contributed by atoms with Crippen LogP contribution in [-0.4, -0.2) is 11.1 Å². The number of nitrogens with one attached hydrogen (secondary N) is 1. The van der Waals surface area contributed by atoms with E-state index in [2.05, 4.69) is 20.7 Å². The Labute approximate surface area is 132 Å². The lowest BCUT2D eigenvalue weighted by molar-refractivity contribution is 0.101. The first-order chi connectivity index (χ1) is 11.2. The van der Waals surface area contributed by atoms with E-state index in [1.165, 1.54) is 0 Å². The van der Waals surface area contributed by atoms with Gasteiger partial charge in [-0.15, -0.1) is 0 Å². The maximum absolute atomic E-state index is 11.9. The van der Waals surface area contributed by atoms with E-state index in [1.807, 2.05) is 30.3 Å². The smallest absolute Gasteiger partial charge is 0.277 e. The van der Waals surface area contributed by atoms with Crippen LogP contribution in [0.5, 0.6) is 0 Å². The minimum atomic E-state index is -0.319. The van der Waals surface area contributed by atoms with Gasteiger partial charge in [0, 0.05) is 11.8 Å². The molecule has 6 heteroatoms. The highest BCUT2D eigenvalue weighted by molar-refractivity contribution is 6.02. The number of azo groups is 1. The summed E-state index contributed by atoms with van der Waals surface area (Å²) >= 11 is 0. The molecule has 6 nitrogen and oxygen atoms in total. The monoisotopic (exact) mass is 306 g/mol. The molecule has 0 aliphatic carbocycles. The van der Waals surface area contributed by atoms with Gasteiger partial charge in [-0.2, -0.15) is 10.2 Å². The minimum absolute atomic E-state index is 0.246. The van der Waals surface area contributed by atoms with E-state index in [1.54, 1.807) is 37.3 Å².